The summed E-state index contributed by atoms with van der Waals surface area (Å²) in [7, 11) is 0. The lowest BCUT2D eigenvalue weighted by molar-refractivity contribution is -0.121. The first-order chi connectivity index (χ1) is 13.1. The van der Waals surface area contributed by atoms with Crippen LogP contribution in [0.25, 0.3) is 0 Å². The van der Waals surface area contributed by atoms with E-state index in [4.69, 9.17) is 0 Å². The summed E-state index contributed by atoms with van der Waals surface area (Å²) in [6.45, 7) is 7.21. The SMILES string of the molecule is CC(CC(=O)NCc1ccccc1CN1CCCCC1C)c1ccccc1. The van der Waals surface area contributed by atoms with E-state index in [9.17, 15) is 4.79 Å². The van der Waals surface area contributed by atoms with Crippen molar-refractivity contribution in [3.05, 3.63) is 71.3 Å². The number of benzene rings is 2. The van der Waals surface area contributed by atoms with Crippen LogP contribution in [0.3, 0.4) is 0 Å². The first-order valence-electron chi connectivity index (χ1n) is 10.3. The molecule has 1 aliphatic heterocycles. The molecule has 1 amide bonds. The molecule has 1 fully saturated rings. The third-order valence-corrected chi connectivity index (χ3v) is 5.77. The highest BCUT2D eigenvalue weighted by Crippen LogP contribution is 2.21. The maximum atomic E-state index is 12.4. The van der Waals surface area contributed by atoms with Gasteiger partial charge >= 0.3 is 0 Å². The second-order valence-corrected chi connectivity index (χ2v) is 7.88. The van der Waals surface area contributed by atoms with Crippen molar-refractivity contribution in [2.24, 2.45) is 0 Å². The van der Waals surface area contributed by atoms with Crippen LogP contribution in [0.15, 0.2) is 54.6 Å². The van der Waals surface area contributed by atoms with Crippen LogP contribution in [0.2, 0.25) is 0 Å². The van der Waals surface area contributed by atoms with Gasteiger partial charge in [-0.25, -0.2) is 0 Å². The van der Waals surface area contributed by atoms with Crippen LogP contribution >= 0.6 is 0 Å². The second kappa shape index (κ2) is 9.70. The number of rotatable bonds is 7. The standard InChI is InChI=1S/C24H32N2O/c1-19(21-11-4-3-5-12-21)16-24(27)25-17-22-13-6-7-14-23(22)18-26-15-9-8-10-20(26)2/h3-7,11-14,19-20H,8-10,15-18H2,1-2H3,(H,25,27). The summed E-state index contributed by atoms with van der Waals surface area (Å²) in [4.78, 5) is 15.0. The fourth-order valence-electron chi connectivity index (χ4n) is 3.94. The van der Waals surface area contributed by atoms with Gasteiger partial charge in [0.05, 0.1) is 0 Å². The maximum absolute atomic E-state index is 12.4. The monoisotopic (exact) mass is 364 g/mol. The summed E-state index contributed by atoms with van der Waals surface area (Å²) in [6, 6.07) is 19.4. The molecule has 2 atom stereocenters. The molecule has 0 bridgehead atoms. The van der Waals surface area contributed by atoms with Crippen LogP contribution in [0.5, 0.6) is 0 Å². The molecule has 144 valence electrons. The minimum Gasteiger partial charge on any atom is -0.352 e. The van der Waals surface area contributed by atoms with Crippen molar-refractivity contribution in [2.45, 2.75) is 64.6 Å². The van der Waals surface area contributed by atoms with Gasteiger partial charge < -0.3 is 5.32 Å². The molecule has 0 aliphatic carbocycles. The number of nitrogens with zero attached hydrogens (tertiary/aromatic N) is 1. The number of hydrogen-bond acceptors (Lipinski definition) is 2. The molecule has 0 saturated carbocycles. The van der Waals surface area contributed by atoms with Crippen molar-refractivity contribution in [3.8, 4) is 0 Å². The quantitative estimate of drug-likeness (QED) is 0.760. The van der Waals surface area contributed by atoms with E-state index in [0.717, 1.165) is 6.54 Å². The van der Waals surface area contributed by atoms with Crippen LogP contribution in [-0.2, 0) is 17.9 Å². The molecule has 3 heteroatoms. The molecule has 27 heavy (non-hydrogen) atoms. The van der Waals surface area contributed by atoms with Crippen LogP contribution in [0, 0.1) is 0 Å². The Morgan fingerprint density at radius 3 is 2.52 bits per heavy atom. The summed E-state index contributed by atoms with van der Waals surface area (Å²) < 4.78 is 0. The van der Waals surface area contributed by atoms with E-state index in [-0.39, 0.29) is 11.8 Å². The summed E-state index contributed by atoms with van der Waals surface area (Å²) in [5.74, 6) is 0.350. The van der Waals surface area contributed by atoms with Gasteiger partial charge in [0.2, 0.25) is 5.91 Å². The molecule has 0 aromatic heterocycles. The van der Waals surface area contributed by atoms with Gasteiger partial charge in [0.25, 0.3) is 0 Å². The van der Waals surface area contributed by atoms with Crippen molar-refractivity contribution in [2.75, 3.05) is 6.54 Å². The first kappa shape index (κ1) is 19.6. The third kappa shape index (κ3) is 5.67. The maximum Gasteiger partial charge on any atom is 0.220 e. The van der Waals surface area contributed by atoms with Crippen LogP contribution in [0.4, 0.5) is 0 Å². The molecule has 2 aromatic rings. The summed E-state index contributed by atoms with van der Waals surface area (Å²) >= 11 is 0. The topological polar surface area (TPSA) is 32.3 Å². The van der Waals surface area contributed by atoms with Gasteiger partial charge in [-0.2, -0.15) is 0 Å². The fourth-order valence-corrected chi connectivity index (χ4v) is 3.94. The van der Waals surface area contributed by atoms with Crippen molar-refractivity contribution in [3.63, 3.8) is 0 Å². The highest BCUT2D eigenvalue weighted by molar-refractivity contribution is 5.76. The van der Waals surface area contributed by atoms with Crippen molar-refractivity contribution < 1.29 is 4.79 Å². The molecule has 2 aromatic carbocycles. The predicted octanol–water partition coefficient (Wildman–Crippen LogP) is 4.87. The van der Waals surface area contributed by atoms with E-state index >= 15 is 0 Å². The minimum absolute atomic E-state index is 0.118. The normalized spacial score (nSPS) is 18.8. The number of carbonyl (C=O) groups excluding carboxylic acids is 1. The van der Waals surface area contributed by atoms with Gasteiger partial charge in [-0.1, -0.05) is 67.9 Å². The number of hydrogen-bond donors (Lipinski definition) is 1. The summed E-state index contributed by atoms with van der Waals surface area (Å²) in [5.41, 5.74) is 3.78. The Kier molecular flexibility index (Phi) is 7.05. The Hall–Kier alpha value is -2.13. The molecular weight excluding hydrogens is 332 g/mol. The summed E-state index contributed by atoms with van der Waals surface area (Å²) in [6.07, 6.45) is 4.45. The van der Waals surface area contributed by atoms with Gasteiger partial charge in [0.1, 0.15) is 0 Å². The van der Waals surface area contributed by atoms with Gasteiger partial charge in [0.15, 0.2) is 0 Å². The van der Waals surface area contributed by atoms with E-state index in [0.29, 0.717) is 19.0 Å². The number of amides is 1. The molecule has 1 saturated heterocycles. The Bertz CT molecular complexity index is 728. The number of likely N-dealkylation sites (tertiary alicyclic amines) is 1. The number of piperidine rings is 1. The highest BCUT2D eigenvalue weighted by atomic mass is 16.1. The molecule has 0 radical (unpaired) electrons. The van der Waals surface area contributed by atoms with Gasteiger partial charge in [-0.05, 0) is 48.9 Å². The Morgan fingerprint density at radius 1 is 1.07 bits per heavy atom. The molecule has 3 rings (SSSR count). The zero-order chi connectivity index (χ0) is 19.1. The lowest BCUT2D eigenvalue weighted by atomic mass is 9.97. The van der Waals surface area contributed by atoms with Gasteiger partial charge in [-0.3, -0.25) is 9.69 Å². The lowest BCUT2D eigenvalue weighted by Crippen LogP contribution is -2.37. The highest BCUT2D eigenvalue weighted by Gasteiger charge is 2.19. The first-order valence-corrected chi connectivity index (χ1v) is 10.3. The van der Waals surface area contributed by atoms with Crippen molar-refractivity contribution in [1.29, 1.82) is 0 Å². The minimum atomic E-state index is 0.118. The fraction of sp³-hybridized carbons (Fsp3) is 0.458. The largest absolute Gasteiger partial charge is 0.352 e. The van der Waals surface area contributed by atoms with Crippen LogP contribution in [0.1, 0.15) is 62.1 Å². The lowest BCUT2D eigenvalue weighted by Gasteiger charge is -2.33. The molecular formula is C24H32N2O. The van der Waals surface area contributed by atoms with Gasteiger partial charge in [0, 0.05) is 25.6 Å². The molecule has 3 nitrogen and oxygen atoms in total. The zero-order valence-corrected chi connectivity index (χ0v) is 16.7. The number of carbonyl (C=O) groups is 1. The van der Waals surface area contributed by atoms with Gasteiger partial charge in [-0.15, -0.1) is 0 Å². The predicted molar refractivity (Wildman–Crippen MR) is 111 cm³/mol. The molecule has 1 aliphatic rings. The van der Waals surface area contributed by atoms with E-state index in [1.54, 1.807) is 0 Å². The zero-order valence-electron chi connectivity index (χ0n) is 16.7. The average Bonchev–Trinajstić information content (AvgIpc) is 2.69. The van der Waals surface area contributed by atoms with E-state index in [1.165, 1.54) is 42.5 Å². The molecule has 0 spiro atoms. The average molecular weight is 365 g/mol. The van der Waals surface area contributed by atoms with Crippen molar-refractivity contribution in [1.82, 2.24) is 10.2 Å². The molecule has 1 heterocycles. The van der Waals surface area contributed by atoms with Crippen LogP contribution < -0.4 is 5.32 Å². The Balaban J connectivity index is 1.55. The molecule has 2 unspecified atom stereocenters. The Morgan fingerprint density at radius 2 is 1.78 bits per heavy atom. The third-order valence-electron chi connectivity index (χ3n) is 5.77. The van der Waals surface area contributed by atoms with Crippen LogP contribution in [-0.4, -0.2) is 23.4 Å². The Labute approximate surface area is 163 Å². The second-order valence-electron chi connectivity index (χ2n) is 7.88. The van der Waals surface area contributed by atoms with Crippen molar-refractivity contribution >= 4 is 5.91 Å². The summed E-state index contributed by atoms with van der Waals surface area (Å²) in [5, 5.41) is 3.13. The van der Waals surface area contributed by atoms with E-state index < -0.39 is 0 Å². The number of nitrogens with one attached hydrogen (secondary N) is 1. The van der Waals surface area contributed by atoms with E-state index in [1.807, 2.05) is 18.2 Å². The smallest absolute Gasteiger partial charge is 0.220 e. The molecule has 1 N–H and O–H groups in total. The van der Waals surface area contributed by atoms with E-state index in [2.05, 4.69) is 60.5 Å².